The van der Waals surface area contributed by atoms with Crippen LogP contribution in [0.2, 0.25) is 0 Å². The van der Waals surface area contributed by atoms with E-state index in [0.717, 1.165) is 59.5 Å². The van der Waals surface area contributed by atoms with E-state index in [4.69, 9.17) is 14.9 Å². The summed E-state index contributed by atoms with van der Waals surface area (Å²) in [7, 11) is 0. The molecule has 0 saturated heterocycles. The van der Waals surface area contributed by atoms with Gasteiger partial charge in [-0.2, -0.15) is 0 Å². The number of hydrogen-bond acceptors (Lipinski definition) is 4. The van der Waals surface area contributed by atoms with E-state index in [1.165, 1.54) is 56.9 Å². The van der Waals surface area contributed by atoms with E-state index in [2.05, 4.69) is 41.5 Å². The van der Waals surface area contributed by atoms with Crippen molar-refractivity contribution in [1.29, 1.82) is 0 Å². The maximum Gasteiger partial charge on any atom is 0.303 e. The van der Waals surface area contributed by atoms with Gasteiger partial charge in [-0.15, -0.1) is 0 Å². The highest BCUT2D eigenvalue weighted by Gasteiger charge is 2.34. The second-order valence-electron chi connectivity index (χ2n) is 13.4. The number of carboxylic acids is 2. The lowest BCUT2D eigenvalue weighted by Crippen LogP contribution is -2.37. The summed E-state index contributed by atoms with van der Waals surface area (Å²) < 4.78 is 6.60. The van der Waals surface area contributed by atoms with Crippen molar-refractivity contribution < 1.29 is 29.6 Å². The number of carbonyl (C=O) groups is 2. The van der Waals surface area contributed by atoms with Gasteiger partial charge in [0.1, 0.15) is 17.1 Å². The first-order chi connectivity index (χ1) is 19.2. The van der Waals surface area contributed by atoms with Crippen molar-refractivity contribution in [2.75, 3.05) is 0 Å². The Balaban J connectivity index is 0.000000716. The highest BCUT2D eigenvalue weighted by Crippen LogP contribution is 2.44. The summed E-state index contributed by atoms with van der Waals surface area (Å²) in [5.74, 6) is 2.30. The number of benzene rings is 1. The average Bonchev–Trinajstić information content (AvgIpc) is 2.88. The van der Waals surface area contributed by atoms with Crippen LogP contribution in [0.4, 0.5) is 0 Å². The van der Waals surface area contributed by atoms with Crippen LogP contribution >= 0.6 is 0 Å². The smallest absolute Gasteiger partial charge is 0.303 e. The molecular weight excluding hydrogens is 516 g/mol. The van der Waals surface area contributed by atoms with Crippen molar-refractivity contribution in [2.45, 2.75) is 157 Å². The number of hydrogen-bond donors (Lipinski definition) is 3. The predicted octanol–water partition coefficient (Wildman–Crippen LogP) is 9.56. The first-order valence-corrected chi connectivity index (χ1v) is 16.1. The molecule has 3 N–H and O–H groups in total. The molecule has 0 saturated carbocycles. The van der Waals surface area contributed by atoms with Gasteiger partial charge in [-0.25, -0.2) is 0 Å². The van der Waals surface area contributed by atoms with Crippen LogP contribution in [0.15, 0.2) is 0 Å². The van der Waals surface area contributed by atoms with Gasteiger partial charge in [0, 0.05) is 18.4 Å². The second kappa shape index (κ2) is 18.3. The lowest BCUT2D eigenvalue weighted by molar-refractivity contribution is -0.139. The molecule has 0 aliphatic carbocycles. The molecule has 1 heterocycles. The Bertz CT molecular complexity index is 937. The molecule has 0 amide bonds. The fourth-order valence-electron chi connectivity index (χ4n) is 5.83. The molecule has 1 aliphatic heterocycles. The van der Waals surface area contributed by atoms with Gasteiger partial charge in [0.25, 0.3) is 0 Å². The van der Waals surface area contributed by atoms with Crippen molar-refractivity contribution in [2.24, 2.45) is 17.8 Å². The van der Waals surface area contributed by atoms with Gasteiger partial charge in [0.2, 0.25) is 0 Å². The van der Waals surface area contributed by atoms with Gasteiger partial charge >= 0.3 is 11.9 Å². The number of phenolic OH excluding ortho intramolecular Hbond substituents is 1. The number of ether oxygens (including phenoxy) is 1. The lowest BCUT2D eigenvalue weighted by atomic mass is 9.84. The van der Waals surface area contributed by atoms with Gasteiger partial charge in [0.05, 0.1) is 0 Å². The van der Waals surface area contributed by atoms with E-state index < -0.39 is 11.9 Å². The first kappa shape index (κ1) is 36.8. The summed E-state index contributed by atoms with van der Waals surface area (Å²) in [5, 5.41) is 26.7. The Kier molecular flexibility index (Phi) is 16.4. The average molecular weight is 577 g/mol. The van der Waals surface area contributed by atoms with E-state index in [0.29, 0.717) is 18.6 Å². The molecule has 0 unspecified atom stereocenters. The van der Waals surface area contributed by atoms with Crippen LogP contribution in [0, 0.1) is 38.5 Å². The molecule has 0 fully saturated rings. The van der Waals surface area contributed by atoms with Gasteiger partial charge in [-0.05, 0) is 101 Å². The number of aliphatic carboxylic acids is 2. The van der Waals surface area contributed by atoms with E-state index in [1.54, 1.807) is 0 Å². The lowest BCUT2D eigenvalue weighted by Gasteiger charge is -2.38. The molecule has 0 spiro atoms. The Morgan fingerprint density at radius 3 is 1.73 bits per heavy atom. The summed E-state index contributed by atoms with van der Waals surface area (Å²) in [5.41, 5.74) is 4.23. The van der Waals surface area contributed by atoms with Gasteiger partial charge in [0.15, 0.2) is 0 Å². The molecule has 3 atom stereocenters. The molecule has 2 rings (SSSR count). The van der Waals surface area contributed by atoms with Crippen molar-refractivity contribution in [3.8, 4) is 11.5 Å². The summed E-state index contributed by atoms with van der Waals surface area (Å²) in [4.78, 5) is 19.8. The van der Waals surface area contributed by atoms with Crippen molar-refractivity contribution >= 4 is 11.9 Å². The summed E-state index contributed by atoms with van der Waals surface area (Å²) in [6.07, 6.45) is 15.1. The highest BCUT2D eigenvalue weighted by atomic mass is 16.5. The number of unbranched alkanes of at least 4 members (excludes halogenated alkanes) is 1. The molecule has 0 aromatic heterocycles. The van der Waals surface area contributed by atoms with Gasteiger partial charge < -0.3 is 20.1 Å². The normalized spacial score (nSPS) is 17.7. The van der Waals surface area contributed by atoms with Crippen LogP contribution in [-0.2, 0) is 16.0 Å². The molecule has 1 aromatic rings. The quantitative estimate of drug-likeness (QED) is 0.160. The minimum Gasteiger partial charge on any atom is -0.507 e. The van der Waals surface area contributed by atoms with Gasteiger partial charge in [-0.3, -0.25) is 9.59 Å². The number of aromatic hydroxyl groups is 1. The van der Waals surface area contributed by atoms with E-state index in [9.17, 15) is 14.7 Å². The number of carboxylic acid groups (broad SMARTS) is 2. The van der Waals surface area contributed by atoms with Gasteiger partial charge in [-0.1, -0.05) is 72.6 Å². The predicted molar refractivity (Wildman–Crippen MR) is 168 cm³/mol. The Hall–Kier alpha value is -2.24. The molecule has 1 aromatic carbocycles. The largest absolute Gasteiger partial charge is 0.507 e. The summed E-state index contributed by atoms with van der Waals surface area (Å²) >= 11 is 0. The van der Waals surface area contributed by atoms with Crippen molar-refractivity contribution in [3.05, 3.63) is 22.3 Å². The van der Waals surface area contributed by atoms with Crippen LogP contribution in [0.25, 0.3) is 0 Å². The third-order valence-corrected chi connectivity index (χ3v) is 8.90. The maximum atomic E-state index is 10.4. The second-order valence-corrected chi connectivity index (χ2v) is 13.4. The molecule has 6 nitrogen and oxygen atoms in total. The Morgan fingerprint density at radius 1 is 0.756 bits per heavy atom. The van der Waals surface area contributed by atoms with E-state index in [-0.39, 0.29) is 18.4 Å². The minimum absolute atomic E-state index is 0.0628. The topological polar surface area (TPSA) is 104 Å². The fraction of sp³-hybridized carbons (Fsp3) is 0.771. The van der Waals surface area contributed by atoms with E-state index in [1.807, 2.05) is 13.8 Å². The number of rotatable bonds is 17. The zero-order valence-electron chi connectivity index (χ0n) is 27.4. The monoisotopic (exact) mass is 576 g/mol. The van der Waals surface area contributed by atoms with Crippen LogP contribution in [0.5, 0.6) is 11.5 Å². The molecule has 0 radical (unpaired) electrons. The van der Waals surface area contributed by atoms with Crippen LogP contribution in [0.1, 0.15) is 147 Å². The molecule has 236 valence electrons. The van der Waals surface area contributed by atoms with Crippen LogP contribution in [0.3, 0.4) is 0 Å². The number of fused-ring (bicyclic) bond motifs is 1. The SMILES string of the molecule is Cc1c(C)c2c(c(C)c1O)CC[C@@](C)(CCC[C@H](C)CCC[C@H](C)CCCC(C)C)O2.O=C(O)CCCCC(=O)O. The summed E-state index contributed by atoms with van der Waals surface area (Å²) in [6.45, 7) is 17.9. The number of phenols is 1. The van der Waals surface area contributed by atoms with Crippen molar-refractivity contribution in [1.82, 2.24) is 0 Å². The minimum atomic E-state index is -0.870. The Labute approximate surface area is 250 Å². The fourth-order valence-corrected chi connectivity index (χ4v) is 5.83. The third-order valence-electron chi connectivity index (χ3n) is 8.90. The molecule has 6 heteroatoms. The van der Waals surface area contributed by atoms with Crippen molar-refractivity contribution in [3.63, 3.8) is 0 Å². The zero-order chi connectivity index (χ0) is 31.2. The maximum absolute atomic E-state index is 10.4. The first-order valence-electron chi connectivity index (χ1n) is 16.1. The molecule has 41 heavy (non-hydrogen) atoms. The Morgan fingerprint density at radius 2 is 1.24 bits per heavy atom. The standard InChI is InChI=1S/C29H50O2.C6H10O4/c1-20(2)12-9-13-21(3)14-10-15-22(4)16-11-18-29(8)19-17-26-25(7)27(30)23(5)24(6)28(26)31-29;7-5(8)3-1-2-4-6(9)10/h20-22,30H,9-19H2,1-8H3;1-4H2,(H,7,8)(H,9,10)/t21-,22-,29-;/m1./s1. The summed E-state index contributed by atoms with van der Waals surface area (Å²) in [6, 6.07) is 0. The molecule has 1 aliphatic rings. The van der Waals surface area contributed by atoms with Crippen LogP contribution in [-0.4, -0.2) is 32.9 Å². The third kappa shape index (κ3) is 14.0. The molecule has 0 bridgehead atoms. The zero-order valence-corrected chi connectivity index (χ0v) is 27.4. The molecular formula is C35H60O6. The van der Waals surface area contributed by atoms with E-state index >= 15 is 0 Å². The van der Waals surface area contributed by atoms with Crippen LogP contribution < -0.4 is 4.74 Å². The highest BCUT2D eigenvalue weighted by molar-refractivity contribution is 5.68.